The highest BCUT2D eigenvalue weighted by Crippen LogP contribution is 2.22. The first kappa shape index (κ1) is 21.2. The SMILES string of the molecule is CCC(C)Oc1ccc(NC(=O)c2nnn(C3CCNCC3)c2C)cc1.Cl. The number of ether oxygens (including phenoxy) is 1. The van der Waals surface area contributed by atoms with Gasteiger partial charge in [0.1, 0.15) is 5.75 Å². The number of nitrogens with zero attached hydrogens (tertiary/aromatic N) is 3. The third kappa shape index (κ3) is 5.20. The molecule has 148 valence electrons. The highest BCUT2D eigenvalue weighted by Gasteiger charge is 2.22. The number of carbonyl (C=O) groups excluding carboxylic acids is 1. The van der Waals surface area contributed by atoms with Crippen molar-refractivity contribution >= 4 is 24.0 Å². The smallest absolute Gasteiger partial charge is 0.278 e. The summed E-state index contributed by atoms with van der Waals surface area (Å²) in [5, 5.41) is 14.5. The van der Waals surface area contributed by atoms with Gasteiger partial charge in [-0.1, -0.05) is 12.1 Å². The molecule has 8 heteroatoms. The number of piperidine rings is 1. The zero-order valence-electron chi connectivity index (χ0n) is 16.1. The minimum absolute atomic E-state index is 0. The van der Waals surface area contributed by atoms with E-state index < -0.39 is 0 Å². The number of hydrogen-bond acceptors (Lipinski definition) is 5. The predicted octanol–water partition coefficient (Wildman–Crippen LogP) is 3.36. The first-order valence-corrected chi connectivity index (χ1v) is 9.29. The summed E-state index contributed by atoms with van der Waals surface area (Å²) in [6.45, 7) is 7.95. The van der Waals surface area contributed by atoms with Crippen molar-refractivity contribution in [1.82, 2.24) is 20.3 Å². The fourth-order valence-electron chi connectivity index (χ4n) is 3.07. The summed E-state index contributed by atoms with van der Waals surface area (Å²) in [4.78, 5) is 12.6. The van der Waals surface area contributed by atoms with E-state index in [-0.39, 0.29) is 24.4 Å². The number of rotatable bonds is 6. The third-order valence-electron chi connectivity index (χ3n) is 4.82. The van der Waals surface area contributed by atoms with E-state index in [2.05, 4.69) is 27.9 Å². The summed E-state index contributed by atoms with van der Waals surface area (Å²) < 4.78 is 7.64. The van der Waals surface area contributed by atoms with Gasteiger partial charge in [-0.05, 0) is 70.5 Å². The maximum atomic E-state index is 12.6. The van der Waals surface area contributed by atoms with Crippen molar-refractivity contribution in [3.05, 3.63) is 35.7 Å². The summed E-state index contributed by atoms with van der Waals surface area (Å²) in [7, 11) is 0. The van der Waals surface area contributed by atoms with E-state index in [9.17, 15) is 4.79 Å². The van der Waals surface area contributed by atoms with Crippen LogP contribution in [-0.2, 0) is 0 Å². The first-order valence-electron chi connectivity index (χ1n) is 9.29. The Kier molecular flexibility index (Phi) is 7.62. The van der Waals surface area contributed by atoms with Crippen LogP contribution in [0.4, 0.5) is 5.69 Å². The summed E-state index contributed by atoms with van der Waals surface area (Å²) in [6, 6.07) is 7.70. The standard InChI is InChI=1S/C19H27N5O2.ClH/c1-4-13(2)26-17-7-5-15(6-8-17)21-19(25)18-14(3)24(23-22-18)16-9-11-20-12-10-16;/h5-8,13,16,20H,4,9-12H2,1-3H3,(H,21,25);1H. The van der Waals surface area contributed by atoms with E-state index in [4.69, 9.17) is 4.74 Å². The average molecular weight is 394 g/mol. The molecule has 0 saturated carbocycles. The van der Waals surface area contributed by atoms with Gasteiger partial charge in [0, 0.05) is 5.69 Å². The minimum atomic E-state index is -0.238. The van der Waals surface area contributed by atoms with Gasteiger partial charge in [0.2, 0.25) is 0 Å². The van der Waals surface area contributed by atoms with Crippen LogP contribution >= 0.6 is 12.4 Å². The molecule has 2 N–H and O–H groups in total. The Morgan fingerprint density at radius 3 is 2.63 bits per heavy atom. The van der Waals surface area contributed by atoms with Crippen LogP contribution in [0.5, 0.6) is 5.75 Å². The summed E-state index contributed by atoms with van der Waals surface area (Å²) >= 11 is 0. The molecule has 1 aliphatic rings. The number of halogens is 1. The van der Waals surface area contributed by atoms with Crippen molar-refractivity contribution in [3.63, 3.8) is 0 Å². The van der Waals surface area contributed by atoms with Crippen LogP contribution in [0.15, 0.2) is 24.3 Å². The van der Waals surface area contributed by atoms with Gasteiger partial charge in [0.15, 0.2) is 5.69 Å². The second-order valence-electron chi connectivity index (χ2n) is 6.76. The molecule has 1 aromatic heterocycles. The van der Waals surface area contributed by atoms with Gasteiger partial charge < -0.3 is 15.4 Å². The average Bonchev–Trinajstić information content (AvgIpc) is 3.05. The molecular formula is C19H28ClN5O2. The van der Waals surface area contributed by atoms with Crippen molar-refractivity contribution in [2.24, 2.45) is 0 Å². The Morgan fingerprint density at radius 2 is 2.00 bits per heavy atom. The van der Waals surface area contributed by atoms with Gasteiger partial charge in [0.05, 0.1) is 17.8 Å². The zero-order chi connectivity index (χ0) is 18.5. The van der Waals surface area contributed by atoms with Crippen molar-refractivity contribution in [2.45, 2.75) is 52.2 Å². The Morgan fingerprint density at radius 1 is 1.33 bits per heavy atom. The van der Waals surface area contributed by atoms with E-state index in [0.717, 1.165) is 43.8 Å². The quantitative estimate of drug-likeness (QED) is 0.786. The number of hydrogen-bond donors (Lipinski definition) is 2. The van der Waals surface area contributed by atoms with E-state index in [1.807, 2.05) is 42.8 Å². The van der Waals surface area contributed by atoms with Gasteiger partial charge in [-0.3, -0.25) is 4.79 Å². The molecule has 0 bridgehead atoms. The van der Waals surface area contributed by atoms with Crippen LogP contribution in [-0.4, -0.2) is 40.1 Å². The second kappa shape index (κ2) is 9.71. The lowest BCUT2D eigenvalue weighted by molar-refractivity contribution is 0.102. The Labute approximate surface area is 166 Å². The molecule has 27 heavy (non-hydrogen) atoms. The molecule has 1 saturated heterocycles. The number of carbonyl (C=O) groups is 1. The van der Waals surface area contributed by atoms with E-state index >= 15 is 0 Å². The number of nitrogens with one attached hydrogen (secondary N) is 2. The molecule has 7 nitrogen and oxygen atoms in total. The van der Waals surface area contributed by atoms with Crippen LogP contribution in [0.25, 0.3) is 0 Å². The van der Waals surface area contributed by atoms with Crippen LogP contribution < -0.4 is 15.4 Å². The zero-order valence-corrected chi connectivity index (χ0v) is 16.9. The van der Waals surface area contributed by atoms with E-state index in [0.29, 0.717) is 17.4 Å². The number of aromatic nitrogens is 3. The predicted molar refractivity (Wildman–Crippen MR) is 108 cm³/mol. The number of amides is 1. The van der Waals surface area contributed by atoms with E-state index in [1.165, 1.54) is 0 Å². The summed E-state index contributed by atoms with van der Waals surface area (Å²) in [6.07, 6.45) is 3.12. The van der Waals surface area contributed by atoms with E-state index in [1.54, 1.807) is 0 Å². The van der Waals surface area contributed by atoms with Crippen molar-refractivity contribution < 1.29 is 9.53 Å². The van der Waals surface area contributed by atoms with Crippen molar-refractivity contribution in [2.75, 3.05) is 18.4 Å². The second-order valence-corrected chi connectivity index (χ2v) is 6.76. The molecule has 0 spiro atoms. The Bertz CT molecular complexity index is 741. The highest BCUT2D eigenvalue weighted by molar-refractivity contribution is 6.03. The van der Waals surface area contributed by atoms with Gasteiger partial charge in [-0.2, -0.15) is 0 Å². The van der Waals surface area contributed by atoms with Gasteiger partial charge >= 0.3 is 0 Å². The van der Waals surface area contributed by atoms with Crippen molar-refractivity contribution in [1.29, 1.82) is 0 Å². The molecule has 3 rings (SSSR count). The lowest BCUT2D eigenvalue weighted by atomic mass is 10.1. The van der Waals surface area contributed by atoms with Crippen molar-refractivity contribution in [3.8, 4) is 5.75 Å². The lowest BCUT2D eigenvalue weighted by Gasteiger charge is -2.23. The Balaban J connectivity index is 0.00000261. The third-order valence-corrected chi connectivity index (χ3v) is 4.82. The molecule has 1 fully saturated rings. The monoisotopic (exact) mass is 393 g/mol. The molecule has 2 aromatic rings. The first-order chi connectivity index (χ1) is 12.6. The fourth-order valence-corrected chi connectivity index (χ4v) is 3.07. The molecular weight excluding hydrogens is 366 g/mol. The molecule has 1 aliphatic heterocycles. The topological polar surface area (TPSA) is 81.1 Å². The lowest BCUT2D eigenvalue weighted by Crippen LogP contribution is -2.30. The summed E-state index contributed by atoms with van der Waals surface area (Å²) in [5.41, 5.74) is 1.90. The van der Waals surface area contributed by atoms with Crippen LogP contribution in [0.1, 0.15) is 55.3 Å². The number of benzene rings is 1. The maximum absolute atomic E-state index is 12.6. The van der Waals surface area contributed by atoms with Gasteiger partial charge in [-0.15, -0.1) is 17.5 Å². The van der Waals surface area contributed by atoms with Crippen LogP contribution in [0.2, 0.25) is 0 Å². The normalized spacial score (nSPS) is 15.7. The molecule has 1 aromatic carbocycles. The molecule has 1 atom stereocenters. The van der Waals surface area contributed by atoms with Crippen LogP contribution in [0, 0.1) is 6.92 Å². The Hall–Kier alpha value is -2.12. The molecule has 0 aliphatic carbocycles. The molecule has 1 amide bonds. The van der Waals surface area contributed by atoms with Crippen LogP contribution in [0.3, 0.4) is 0 Å². The van der Waals surface area contributed by atoms with Gasteiger partial charge in [0.25, 0.3) is 5.91 Å². The largest absolute Gasteiger partial charge is 0.491 e. The summed E-state index contributed by atoms with van der Waals surface area (Å²) in [5.74, 6) is 0.559. The maximum Gasteiger partial charge on any atom is 0.278 e. The fraction of sp³-hybridized carbons (Fsp3) is 0.526. The molecule has 1 unspecified atom stereocenters. The minimum Gasteiger partial charge on any atom is -0.491 e. The highest BCUT2D eigenvalue weighted by atomic mass is 35.5. The molecule has 0 radical (unpaired) electrons. The molecule has 2 heterocycles. The number of anilines is 1. The van der Waals surface area contributed by atoms with Gasteiger partial charge in [-0.25, -0.2) is 4.68 Å².